The number of carbonyl (C=O) groups is 1. The molecule has 1 aromatic heterocycles. The minimum atomic E-state index is -0.551. The molecule has 2 heterocycles. The predicted octanol–water partition coefficient (Wildman–Crippen LogP) is 0.331. The Kier molecular flexibility index (Phi) is 4.46. The van der Waals surface area contributed by atoms with Crippen LogP contribution in [0.5, 0.6) is 0 Å². The molecule has 0 spiro atoms. The zero-order valence-electron chi connectivity index (χ0n) is 11.1. The van der Waals surface area contributed by atoms with Crippen molar-refractivity contribution < 1.29 is 14.5 Å². The van der Waals surface area contributed by atoms with Gasteiger partial charge in [0.25, 0.3) is 0 Å². The normalized spacial score (nSPS) is 18.6. The number of anilines is 1. The van der Waals surface area contributed by atoms with Crippen LogP contribution in [0.4, 0.5) is 11.5 Å². The molecule has 1 atom stereocenters. The first kappa shape index (κ1) is 14.2. The Morgan fingerprint density at radius 3 is 3.05 bits per heavy atom. The van der Waals surface area contributed by atoms with E-state index in [1.165, 1.54) is 12.3 Å². The van der Waals surface area contributed by atoms with Crippen LogP contribution < -0.4 is 10.2 Å². The molecule has 0 aromatic carbocycles. The molecule has 0 saturated carbocycles. The van der Waals surface area contributed by atoms with Gasteiger partial charge in [0, 0.05) is 25.7 Å². The number of rotatable bonds is 4. The Bertz CT molecular complexity index is 491. The van der Waals surface area contributed by atoms with E-state index in [2.05, 4.69) is 10.3 Å². The SMILES string of the molecule is CCOC(=O)C1CNCCN1c1ccc([N+](=O)[O-])nc1. The first-order valence-corrected chi connectivity index (χ1v) is 6.38. The Labute approximate surface area is 115 Å². The smallest absolute Gasteiger partial charge is 0.363 e. The zero-order valence-corrected chi connectivity index (χ0v) is 11.1. The molecule has 2 rings (SSSR count). The molecule has 0 amide bonds. The van der Waals surface area contributed by atoms with E-state index in [0.717, 1.165) is 6.54 Å². The topological polar surface area (TPSA) is 97.6 Å². The zero-order chi connectivity index (χ0) is 14.5. The van der Waals surface area contributed by atoms with Crippen LogP contribution in [0.15, 0.2) is 18.3 Å². The van der Waals surface area contributed by atoms with Crippen LogP contribution in [-0.2, 0) is 9.53 Å². The van der Waals surface area contributed by atoms with Gasteiger partial charge in [-0.2, -0.15) is 0 Å². The standard InChI is InChI=1S/C12H16N4O4/c1-2-20-12(17)10-8-13-5-6-15(10)9-3-4-11(14-7-9)16(18)19/h3-4,7,10,13H,2,5-6,8H2,1H3. The summed E-state index contributed by atoms with van der Waals surface area (Å²) in [6, 6.07) is 2.49. The second kappa shape index (κ2) is 6.29. The third-order valence-corrected chi connectivity index (χ3v) is 3.05. The predicted molar refractivity (Wildman–Crippen MR) is 71.5 cm³/mol. The van der Waals surface area contributed by atoms with Crippen molar-refractivity contribution in [1.29, 1.82) is 0 Å². The van der Waals surface area contributed by atoms with E-state index in [9.17, 15) is 14.9 Å². The molecule has 0 aliphatic carbocycles. The molecule has 108 valence electrons. The summed E-state index contributed by atoms with van der Waals surface area (Å²) in [5.74, 6) is -0.519. The second-order valence-corrected chi connectivity index (χ2v) is 4.30. The van der Waals surface area contributed by atoms with Crippen molar-refractivity contribution >= 4 is 17.5 Å². The lowest BCUT2D eigenvalue weighted by Gasteiger charge is -2.35. The molecule has 1 fully saturated rings. The summed E-state index contributed by atoms with van der Waals surface area (Å²) in [5, 5.41) is 13.7. The molecule has 1 aliphatic heterocycles. The summed E-state index contributed by atoms with van der Waals surface area (Å²) in [6.07, 6.45) is 1.41. The lowest BCUT2D eigenvalue weighted by molar-refractivity contribution is -0.389. The van der Waals surface area contributed by atoms with Gasteiger partial charge in [-0.3, -0.25) is 0 Å². The van der Waals surface area contributed by atoms with E-state index >= 15 is 0 Å². The van der Waals surface area contributed by atoms with Crippen molar-refractivity contribution in [3.63, 3.8) is 0 Å². The van der Waals surface area contributed by atoms with Crippen molar-refractivity contribution in [2.45, 2.75) is 13.0 Å². The number of nitrogens with zero attached hydrogens (tertiary/aromatic N) is 3. The van der Waals surface area contributed by atoms with Crippen LogP contribution in [0.2, 0.25) is 0 Å². The van der Waals surface area contributed by atoms with Crippen LogP contribution in [0, 0.1) is 10.1 Å². The van der Waals surface area contributed by atoms with Crippen LogP contribution in [0.25, 0.3) is 0 Å². The van der Waals surface area contributed by atoms with Crippen LogP contribution in [-0.4, -0.2) is 48.2 Å². The monoisotopic (exact) mass is 280 g/mol. The lowest BCUT2D eigenvalue weighted by Crippen LogP contribution is -2.55. The number of aromatic nitrogens is 1. The second-order valence-electron chi connectivity index (χ2n) is 4.30. The highest BCUT2D eigenvalue weighted by Crippen LogP contribution is 2.20. The first-order chi connectivity index (χ1) is 9.63. The van der Waals surface area contributed by atoms with Crippen molar-refractivity contribution in [2.24, 2.45) is 0 Å². The molecule has 0 radical (unpaired) electrons. The minimum Gasteiger partial charge on any atom is -0.464 e. The van der Waals surface area contributed by atoms with Gasteiger partial charge < -0.3 is 25.1 Å². The molecule has 8 nitrogen and oxygen atoms in total. The summed E-state index contributed by atoms with van der Waals surface area (Å²) >= 11 is 0. The largest absolute Gasteiger partial charge is 0.464 e. The molecule has 20 heavy (non-hydrogen) atoms. The molecule has 8 heteroatoms. The van der Waals surface area contributed by atoms with Gasteiger partial charge in [0.1, 0.15) is 6.04 Å². The van der Waals surface area contributed by atoms with E-state index in [-0.39, 0.29) is 11.8 Å². The number of ether oxygens (including phenoxy) is 1. The number of hydrogen-bond donors (Lipinski definition) is 1. The van der Waals surface area contributed by atoms with E-state index in [0.29, 0.717) is 25.4 Å². The maximum Gasteiger partial charge on any atom is 0.363 e. The fourth-order valence-electron chi connectivity index (χ4n) is 2.12. The summed E-state index contributed by atoms with van der Waals surface area (Å²) in [6.45, 7) is 3.90. The molecule has 1 saturated heterocycles. The fraction of sp³-hybridized carbons (Fsp3) is 0.500. The average Bonchev–Trinajstić information content (AvgIpc) is 2.47. The molecule has 0 bridgehead atoms. The third-order valence-electron chi connectivity index (χ3n) is 3.05. The van der Waals surface area contributed by atoms with Gasteiger partial charge >= 0.3 is 11.8 Å². The third kappa shape index (κ3) is 3.02. The van der Waals surface area contributed by atoms with E-state index in [4.69, 9.17) is 4.74 Å². The van der Waals surface area contributed by atoms with Crippen molar-refractivity contribution in [3.05, 3.63) is 28.4 Å². The van der Waals surface area contributed by atoms with Gasteiger partial charge in [0.2, 0.25) is 0 Å². The van der Waals surface area contributed by atoms with Gasteiger partial charge in [0.15, 0.2) is 6.20 Å². The number of nitrogens with one attached hydrogen (secondary N) is 1. The number of esters is 1. The van der Waals surface area contributed by atoms with Gasteiger partial charge in [0.05, 0.1) is 12.3 Å². The first-order valence-electron chi connectivity index (χ1n) is 6.38. The van der Waals surface area contributed by atoms with E-state index < -0.39 is 11.0 Å². The number of carbonyl (C=O) groups excluding carboxylic acids is 1. The molecule has 1 aromatic rings. The number of hydrogen-bond acceptors (Lipinski definition) is 7. The number of piperazine rings is 1. The average molecular weight is 280 g/mol. The van der Waals surface area contributed by atoms with Gasteiger partial charge in [-0.05, 0) is 22.9 Å². The Morgan fingerprint density at radius 1 is 1.65 bits per heavy atom. The highest BCUT2D eigenvalue weighted by molar-refractivity contribution is 5.80. The summed E-state index contributed by atoms with van der Waals surface area (Å²) in [4.78, 5) is 27.6. The number of pyridine rings is 1. The Morgan fingerprint density at radius 2 is 2.45 bits per heavy atom. The van der Waals surface area contributed by atoms with Gasteiger partial charge in [-0.15, -0.1) is 0 Å². The lowest BCUT2D eigenvalue weighted by atomic mass is 10.1. The maximum absolute atomic E-state index is 11.9. The van der Waals surface area contributed by atoms with E-state index in [1.807, 2.05) is 4.90 Å². The minimum absolute atomic E-state index is 0.212. The summed E-state index contributed by atoms with van der Waals surface area (Å²) < 4.78 is 5.05. The van der Waals surface area contributed by atoms with Crippen LogP contribution in [0.1, 0.15) is 6.92 Å². The fourth-order valence-corrected chi connectivity index (χ4v) is 2.12. The number of nitro groups is 1. The van der Waals surface area contributed by atoms with Crippen molar-refractivity contribution in [3.8, 4) is 0 Å². The molecular weight excluding hydrogens is 264 g/mol. The van der Waals surface area contributed by atoms with E-state index in [1.54, 1.807) is 13.0 Å². The highest BCUT2D eigenvalue weighted by Gasteiger charge is 2.30. The molecule has 1 unspecified atom stereocenters. The Balaban J connectivity index is 2.18. The highest BCUT2D eigenvalue weighted by atomic mass is 16.6. The quantitative estimate of drug-likeness (QED) is 0.482. The van der Waals surface area contributed by atoms with Gasteiger partial charge in [-0.1, -0.05) is 0 Å². The van der Waals surface area contributed by atoms with Crippen molar-refractivity contribution in [2.75, 3.05) is 31.1 Å². The molecule has 1 N–H and O–H groups in total. The molecular formula is C12H16N4O4. The van der Waals surface area contributed by atoms with Gasteiger partial charge in [-0.25, -0.2) is 4.79 Å². The maximum atomic E-state index is 11.9. The van der Waals surface area contributed by atoms with Crippen LogP contribution >= 0.6 is 0 Å². The molecule has 1 aliphatic rings. The summed E-state index contributed by atoms with van der Waals surface area (Å²) in [7, 11) is 0. The van der Waals surface area contributed by atoms with Crippen LogP contribution in [0.3, 0.4) is 0 Å². The Hall–Kier alpha value is -2.22. The summed E-state index contributed by atoms with van der Waals surface area (Å²) in [5.41, 5.74) is 0.676. The van der Waals surface area contributed by atoms with Crippen molar-refractivity contribution in [1.82, 2.24) is 10.3 Å².